The highest BCUT2D eigenvalue weighted by Crippen LogP contribution is 2.32. The molecule has 1 aliphatic heterocycles. The summed E-state index contributed by atoms with van der Waals surface area (Å²) in [7, 11) is 0. The highest BCUT2D eigenvalue weighted by atomic mass is 32.1. The Morgan fingerprint density at radius 3 is 2.86 bits per heavy atom. The standard InChI is InChI=1S/C14H18N6OS/c1-8-13(22-19-18-8)7-15-14-6-11(16-9(2)17-14)12-4-5-20(12)10(3)21/h6,12H,4-5,7H2,1-3H3,(H,15,16,17). The number of amides is 1. The molecule has 0 saturated carbocycles. The van der Waals surface area contributed by atoms with Gasteiger partial charge in [-0.15, -0.1) is 5.10 Å². The van der Waals surface area contributed by atoms with E-state index in [2.05, 4.69) is 24.9 Å². The average molecular weight is 318 g/mol. The van der Waals surface area contributed by atoms with Crippen LogP contribution in [0.1, 0.15) is 41.5 Å². The van der Waals surface area contributed by atoms with E-state index in [4.69, 9.17) is 0 Å². The first-order valence-electron chi connectivity index (χ1n) is 7.19. The van der Waals surface area contributed by atoms with Crippen molar-refractivity contribution in [1.29, 1.82) is 0 Å². The minimum Gasteiger partial charge on any atom is -0.365 e. The molecule has 1 aliphatic rings. The number of nitrogens with one attached hydrogen (secondary N) is 1. The lowest BCUT2D eigenvalue weighted by Gasteiger charge is -2.40. The minimum atomic E-state index is 0.0755. The van der Waals surface area contributed by atoms with Gasteiger partial charge in [0.05, 0.1) is 28.9 Å². The number of rotatable bonds is 4. The molecule has 2 aromatic heterocycles. The summed E-state index contributed by atoms with van der Waals surface area (Å²) in [6.45, 7) is 6.85. The fraction of sp³-hybridized carbons (Fsp3) is 0.500. The van der Waals surface area contributed by atoms with Crippen LogP contribution in [-0.2, 0) is 11.3 Å². The van der Waals surface area contributed by atoms with Crippen LogP contribution < -0.4 is 5.32 Å². The van der Waals surface area contributed by atoms with Crippen LogP contribution in [0.3, 0.4) is 0 Å². The molecule has 0 spiro atoms. The van der Waals surface area contributed by atoms with Crippen LogP contribution in [0, 0.1) is 13.8 Å². The molecule has 2 aromatic rings. The van der Waals surface area contributed by atoms with Crippen molar-refractivity contribution in [3.8, 4) is 0 Å². The maximum Gasteiger partial charge on any atom is 0.220 e. The second-order valence-corrected chi connectivity index (χ2v) is 6.22. The predicted molar refractivity (Wildman–Crippen MR) is 83.5 cm³/mol. The number of aryl methyl sites for hydroxylation is 2. The SMILES string of the molecule is CC(=O)N1CCC1c1cc(NCc2snnc2C)nc(C)n1. The zero-order valence-electron chi connectivity index (χ0n) is 12.8. The van der Waals surface area contributed by atoms with Crippen molar-refractivity contribution < 1.29 is 4.79 Å². The normalized spacial score (nSPS) is 17.2. The van der Waals surface area contributed by atoms with Crippen LogP contribution in [0.25, 0.3) is 0 Å². The Hall–Kier alpha value is -2.09. The van der Waals surface area contributed by atoms with Gasteiger partial charge in [-0.25, -0.2) is 9.97 Å². The van der Waals surface area contributed by atoms with E-state index in [9.17, 15) is 4.79 Å². The number of hydrogen-bond donors (Lipinski definition) is 1. The second-order valence-electron chi connectivity index (χ2n) is 5.38. The highest BCUT2D eigenvalue weighted by molar-refractivity contribution is 7.05. The summed E-state index contributed by atoms with van der Waals surface area (Å²) in [5.74, 6) is 1.56. The molecule has 1 amide bonds. The van der Waals surface area contributed by atoms with Gasteiger partial charge < -0.3 is 10.2 Å². The quantitative estimate of drug-likeness (QED) is 0.926. The molecule has 1 saturated heterocycles. The summed E-state index contributed by atoms with van der Waals surface area (Å²) in [5.41, 5.74) is 1.83. The lowest BCUT2D eigenvalue weighted by Crippen LogP contribution is -2.44. The maximum atomic E-state index is 11.6. The molecule has 0 aliphatic carbocycles. The number of anilines is 1. The zero-order valence-corrected chi connectivity index (χ0v) is 13.6. The number of carbonyl (C=O) groups is 1. The zero-order chi connectivity index (χ0) is 15.7. The monoisotopic (exact) mass is 318 g/mol. The molecule has 3 heterocycles. The first-order chi connectivity index (χ1) is 10.5. The Bertz CT molecular complexity index is 700. The minimum absolute atomic E-state index is 0.0755. The van der Waals surface area contributed by atoms with E-state index in [1.807, 2.05) is 24.8 Å². The summed E-state index contributed by atoms with van der Waals surface area (Å²) in [6, 6.07) is 2.00. The van der Waals surface area contributed by atoms with E-state index < -0.39 is 0 Å². The number of carbonyl (C=O) groups excluding carboxylic acids is 1. The summed E-state index contributed by atoms with van der Waals surface area (Å²) in [4.78, 5) is 23.4. The summed E-state index contributed by atoms with van der Waals surface area (Å²) in [6.07, 6.45) is 0.952. The van der Waals surface area contributed by atoms with Gasteiger partial charge in [0.25, 0.3) is 0 Å². The maximum absolute atomic E-state index is 11.6. The van der Waals surface area contributed by atoms with Gasteiger partial charge >= 0.3 is 0 Å². The molecule has 0 aromatic carbocycles. The Morgan fingerprint density at radius 2 is 2.27 bits per heavy atom. The summed E-state index contributed by atoms with van der Waals surface area (Å²) < 4.78 is 3.92. The molecule has 1 fully saturated rings. The first-order valence-corrected chi connectivity index (χ1v) is 7.96. The van der Waals surface area contributed by atoms with E-state index in [-0.39, 0.29) is 11.9 Å². The number of likely N-dealkylation sites (tertiary alicyclic amines) is 1. The average Bonchev–Trinajstić information content (AvgIpc) is 2.79. The van der Waals surface area contributed by atoms with E-state index in [1.54, 1.807) is 6.92 Å². The third-order valence-corrected chi connectivity index (χ3v) is 4.62. The van der Waals surface area contributed by atoms with Gasteiger partial charge in [-0.3, -0.25) is 4.79 Å². The lowest BCUT2D eigenvalue weighted by molar-refractivity contribution is -0.136. The fourth-order valence-electron chi connectivity index (χ4n) is 2.51. The fourth-order valence-corrected chi connectivity index (χ4v) is 3.08. The smallest absolute Gasteiger partial charge is 0.220 e. The van der Waals surface area contributed by atoms with Gasteiger partial charge in [0.2, 0.25) is 5.91 Å². The van der Waals surface area contributed by atoms with Gasteiger partial charge in [0, 0.05) is 19.5 Å². The van der Waals surface area contributed by atoms with E-state index in [0.717, 1.165) is 35.0 Å². The Kier molecular flexibility index (Phi) is 4.02. The van der Waals surface area contributed by atoms with Crippen LogP contribution in [0.15, 0.2) is 6.07 Å². The van der Waals surface area contributed by atoms with Crippen molar-refractivity contribution in [2.45, 2.75) is 39.8 Å². The summed E-state index contributed by atoms with van der Waals surface area (Å²) >= 11 is 1.38. The second kappa shape index (κ2) is 5.96. The van der Waals surface area contributed by atoms with E-state index in [0.29, 0.717) is 12.4 Å². The molecule has 116 valence electrons. The van der Waals surface area contributed by atoms with Crippen molar-refractivity contribution in [1.82, 2.24) is 24.5 Å². The molecule has 7 nitrogen and oxygen atoms in total. The van der Waals surface area contributed by atoms with Gasteiger partial charge in [-0.2, -0.15) is 0 Å². The van der Waals surface area contributed by atoms with Crippen LogP contribution in [0.4, 0.5) is 5.82 Å². The lowest BCUT2D eigenvalue weighted by atomic mass is 9.99. The molecule has 22 heavy (non-hydrogen) atoms. The third-order valence-electron chi connectivity index (χ3n) is 3.80. The van der Waals surface area contributed by atoms with Gasteiger partial charge in [0.15, 0.2) is 0 Å². The molecule has 0 radical (unpaired) electrons. The Morgan fingerprint density at radius 1 is 1.45 bits per heavy atom. The van der Waals surface area contributed by atoms with Crippen molar-refractivity contribution in [3.05, 3.63) is 28.2 Å². The van der Waals surface area contributed by atoms with Crippen molar-refractivity contribution >= 4 is 23.3 Å². The van der Waals surface area contributed by atoms with E-state index >= 15 is 0 Å². The summed E-state index contributed by atoms with van der Waals surface area (Å²) in [5, 5.41) is 7.29. The van der Waals surface area contributed by atoms with Gasteiger partial charge in [0.1, 0.15) is 11.6 Å². The Balaban J connectivity index is 1.75. The van der Waals surface area contributed by atoms with Gasteiger partial charge in [-0.05, 0) is 31.8 Å². The molecule has 0 bridgehead atoms. The number of nitrogens with zero attached hydrogens (tertiary/aromatic N) is 5. The molecule has 1 N–H and O–H groups in total. The Labute approximate surface area is 133 Å². The van der Waals surface area contributed by atoms with Gasteiger partial charge in [-0.1, -0.05) is 4.49 Å². The topological polar surface area (TPSA) is 83.9 Å². The number of hydrogen-bond acceptors (Lipinski definition) is 7. The van der Waals surface area contributed by atoms with Crippen LogP contribution in [-0.4, -0.2) is 36.9 Å². The molecule has 1 unspecified atom stereocenters. The third kappa shape index (κ3) is 2.92. The predicted octanol–water partition coefficient (Wildman–Crippen LogP) is 1.85. The molecular formula is C14H18N6OS. The van der Waals surface area contributed by atoms with E-state index in [1.165, 1.54) is 11.5 Å². The number of aromatic nitrogens is 4. The highest BCUT2D eigenvalue weighted by Gasteiger charge is 2.32. The molecular weight excluding hydrogens is 300 g/mol. The first kappa shape index (κ1) is 14.8. The van der Waals surface area contributed by atoms with Crippen LogP contribution in [0.5, 0.6) is 0 Å². The van der Waals surface area contributed by atoms with Crippen molar-refractivity contribution in [3.63, 3.8) is 0 Å². The van der Waals surface area contributed by atoms with Crippen molar-refractivity contribution in [2.75, 3.05) is 11.9 Å². The van der Waals surface area contributed by atoms with Crippen molar-refractivity contribution in [2.24, 2.45) is 0 Å². The molecule has 3 rings (SSSR count). The van der Waals surface area contributed by atoms with Crippen LogP contribution in [0.2, 0.25) is 0 Å². The molecule has 1 atom stereocenters. The molecule has 8 heteroatoms. The van der Waals surface area contributed by atoms with Crippen LogP contribution >= 0.6 is 11.5 Å². The largest absolute Gasteiger partial charge is 0.365 e.